The Bertz CT molecular complexity index is 374. The van der Waals surface area contributed by atoms with Gasteiger partial charge >= 0.3 is 0 Å². The van der Waals surface area contributed by atoms with Crippen LogP contribution in [-0.4, -0.2) is 7.05 Å². The van der Waals surface area contributed by atoms with Crippen LogP contribution < -0.4 is 4.90 Å². The van der Waals surface area contributed by atoms with Crippen LogP contribution in [0.4, 0.5) is 5.69 Å². The summed E-state index contributed by atoms with van der Waals surface area (Å²) in [4.78, 5) is 2.20. The Kier molecular flexibility index (Phi) is 1.93. The average Bonchev–Trinajstić information content (AvgIpc) is 2.19. The minimum absolute atomic E-state index is 1.25. The molecule has 0 N–H and O–H groups in total. The van der Waals surface area contributed by atoms with Crippen molar-refractivity contribution >= 4 is 11.8 Å². The molecule has 1 heteroatoms. The van der Waals surface area contributed by atoms with Gasteiger partial charge in [0, 0.05) is 18.4 Å². The van der Waals surface area contributed by atoms with Crippen molar-refractivity contribution in [2.45, 2.75) is 6.92 Å². The second kappa shape index (κ2) is 3.09. The zero-order valence-electron chi connectivity index (χ0n) is 7.99. The van der Waals surface area contributed by atoms with Crippen LogP contribution in [0.2, 0.25) is 0 Å². The van der Waals surface area contributed by atoms with Gasteiger partial charge in [-0.1, -0.05) is 30.4 Å². The number of anilines is 1. The number of para-hydroxylation sites is 1. The summed E-state index contributed by atoms with van der Waals surface area (Å²) in [5, 5.41) is 0. The predicted molar refractivity (Wildman–Crippen MR) is 57.6 cm³/mol. The lowest BCUT2D eigenvalue weighted by Gasteiger charge is -2.25. The standard InChI is InChI=1S/C12H13N/c1-3-11-9-8-10-6-4-5-7-12(10)13(11)2/h3-9H,1-2H3/b11-3+. The van der Waals surface area contributed by atoms with Gasteiger partial charge in [0.25, 0.3) is 0 Å². The Morgan fingerprint density at radius 1 is 1.15 bits per heavy atom. The fourth-order valence-corrected chi connectivity index (χ4v) is 1.65. The Balaban J connectivity index is 2.54. The molecule has 0 aliphatic carbocycles. The summed E-state index contributed by atoms with van der Waals surface area (Å²) in [6.07, 6.45) is 6.42. The number of likely N-dealkylation sites (N-methyl/N-ethyl adjacent to an activating group) is 1. The van der Waals surface area contributed by atoms with Crippen molar-refractivity contribution < 1.29 is 0 Å². The Morgan fingerprint density at radius 2 is 1.92 bits per heavy atom. The van der Waals surface area contributed by atoms with Gasteiger partial charge in [0.2, 0.25) is 0 Å². The SMILES string of the molecule is C/C=C1\C=Cc2ccccc2N1C. The van der Waals surface area contributed by atoms with Gasteiger partial charge in [0.1, 0.15) is 0 Å². The van der Waals surface area contributed by atoms with E-state index in [1.165, 1.54) is 16.9 Å². The first kappa shape index (κ1) is 8.11. The van der Waals surface area contributed by atoms with Gasteiger partial charge in [-0.25, -0.2) is 0 Å². The van der Waals surface area contributed by atoms with Crippen molar-refractivity contribution in [1.82, 2.24) is 0 Å². The highest BCUT2D eigenvalue weighted by molar-refractivity contribution is 5.75. The van der Waals surface area contributed by atoms with Crippen LogP contribution >= 0.6 is 0 Å². The lowest BCUT2D eigenvalue weighted by Crippen LogP contribution is -2.18. The summed E-state index contributed by atoms with van der Waals surface area (Å²) in [5.74, 6) is 0. The monoisotopic (exact) mass is 171 g/mol. The van der Waals surface area contributed by atoms with Crippen LogP contribution in [0, 0.1) is 0 Å². The van der Waals surface area contributed by atoms with E-state index in [1.54, 1.807) is 0 Å². The minimum atomic E-state index is 1.25. The van der Waals surface area contributed by atoms with E-state index in [2.05, 4.69) is 61.4 Å². The smallest absolute Gasteiger partial charge is 0.0481 e. The number of benzene rings is 1. The largest absolute Gasteiger partial charge is 0.344 e. The van der Waals surface area contributed by atoms with E-state index in [0.717, 1.165) is 0 Å². The predicted octanol–water partition coefficient (Wildman–Crippen LogP) is 3.05. The number of fused-ring (bicyclic) bond motifs is 1. The summed E-state index contributed by atoms with van der Waals surface area (Å²) in [6.45, 7) is 2.06. The molecular formula is C12H13N. The van der Waals surface area contributed by atoms with E-state index in [9.17, 15) is 0 Å². The molecule has 13 heavy (non-hydrogen) atoms. The normalized spacial score (nSPS) is 17.7. The van der Waals surface area contributed by atoms with Gasteiger partial charge < -0.3 is 4.90 Å². The van der Waals surface area contributed by atoms with E-state index in [1.807, 2.05) is 0 Å². The summed E-state index contributed by atoms with van der Waals surface area (Å²) in [7, 11) is 2.09. The Labute approximate surface area is 79.0 Å². The average molecular weight is 171 g/mol. The van der Waals surface area contributed by atoms with Crippen LogP contribution in [0.15, 0.2) is 42.1 Å². The fraction of sp³-hybridized carbons (Fsp3) is 0.167. The van der Waals surface area contributed by atoms with Crippen molar-refractivity contribution in [2.75, 3.05) is 11.9 Å². The second-order valence-electron chi connectivity index (χ2n) is 3.16. The molecule has 0 saturated carbocycles. The van der Waals surface area contributed by atoms with Gasteiger partial charge in [-0.3, -0.25) is 0 Å². The van der Waals surface area contributed by atoms with E-state index in [-0.39, 0.29) is 0 Å². The van der Waals surface area contributed by atoms with Crippen LogP contribution in [0.25, 0.3) is 6.08 Å². The first-order valence-electron chi connectivity index (χ1n) is 4.50. The van der Waals surface area contributed by atoms with Gasteiger partial charge in [-0.2, -0.15) is 0 Å². The zero-order valence-corrected chi connectivity index (χ0v) is 7.99. The third-order valence-corrected chi connectivity index (χ3v) is 2.41. The van der Waals surface area contributed by atoms with Crippen molar-refractivity contribution in [1.29, 1.82) is 0 Å². The lowest BCUT2D eigenvalue weighted by atomic mass is 10.1. The quantitative estimate of drug-likeness (QED) is 0.580. The number of hydrogen-bond acceptors (Lipinski definition) is 1. The molecule has 1 aromatic carbocycles. The molecule has 66 valence electrons. The number of hydrogen-bond donors (Lipinski definition) is 0. The van der Waals surface area contributed by atoms with Crippen molar-refractivity contribution in [3.05, 3.63) is 47.7 Å². The highest BCUT2D eigenvalue weighted by Crippen LogP contribution is 2.28. The molecule has 0 atom stereocenters. The minimum Gasteiger partial charge on any atom is -0.344 e. The molecule has 1 aliphatic heterocycles. The van der Waals surface area contributed by atoms with Crippen LogP contribution in [0.3, 0.4) is 0 Å². The Hall–Kier alpha value is -1.50. The van der Waals surface area contributed by atoms with E-state index in [0.29, 0.717) is 0 Å². The van der Waals surface area contributed by atoms with E-state index < -0.39 is 0 Å². The molecule has 0 bridgehead atoms. The molecule has 2 rings (SSSR count). The topological polar surface area (TPSA) is 3.24 Å². The number of nitrogens with zero attached hydrogens (tertiary/aromatic N) is 1. The fourth-order valence-electron chi connectivity index (χ4n) is 1.65. The lowest BCUT2D eigenvalue weighted by molar-refractivity contribution is 1.12. The van der Waals surface area contributed by atoms with Gasteiger partial charge in [0.05, 0.1) is 0 Å². The summed E-state index contributed by atoms with van der Waals surface area (Å²) in [5.41, 5.74) is 3.81. The first-order valence-corrected chi connectivity index (χ1v) is 4.50. The molecular weight excluding hydrogens is 158 g/mol. The molecule has 0 saturated heterocycles. The van der Waals surface area contributed by atoms with Gasteiger partial charge in [0.15, 0.2) is 0 Å². The molecule has 1 aromatic rings. The van der Waals surface area contributed by atoms with Crippen LogP contribution in [0.1, 0.15) is 12.5 Å². The van der Waals surface area contributed by atoms with Crippen molar-refractivity contribution in [3.63, 3.8) is 0 Å². The molecule has 0 fully saturated rings. The second-order valence-corrected chi connectivity index (χ2v) is 3.16. The summed E-state index contributed by atoms with van der Waals surface area (Å²) in [6, 6.07) is 8.41. The maximum Gasteiger partial charge on any atom is 0.0481 e. The van der Waals surface area contributed by atoms with Gasteiger partial charge in [-0.15, -0.1) is 0 Å². The maximum absolute atomic E-state index is 2.20. The first-order chi connectivity index (χ1) is 6.33. The van der Waals surface area contributed by atoms with Crippen molar-refractivity contribution in [2.24, 2.45) is 0 Å². The van der Waals surface area contributed by atoms with Gasteiger partial charge in [-0.05, 0) is 24.6 Å². The zero-order chi connectivity index (χ0) is 9.26. The van der Waals surface area contributed by atoms with Crippen LogP contribution in [-0.2, 0) is 0 Å². The molecule has 1 aliphatic rings. The van der Waals surface area contributed by atoms with E-state index >= 15 is 0 Å². The third-order valence-electron chi connectivity index (χ3n) is 2.41. The summed E-state index contributed by atoms with van der Waals surface area (Å²) >= 11 is 0. The Morgan fingerprint density at radius 3 is 2.69 bits per heavy atom. The summed E-state index contributed by atoms with van der Waals surface area (Å²) < 4.78 is 0. The molecule has 1 nitrogen and oxygen atoms in total. The molecule has 0 spiro atoms. The number of allylic oxidation sites excluding steroid dienone is 2. The highest BCUT2D eigenvalue weighted by Gasteiger charge is 2.10. The molecule has 0 unspecified atom stereocenters. The molecule has 0 amide bonds. The molecule has 0 aromatic heterocycles. The van der Waals surface area contributed by atoms with Crippen LogP contribution in [0.5, 0.6) is 0 Å². The van der Waals surface area contributed by atoms with E-state index in [4.69, 9.17) is 0 Å². The van der Waals surface area contributed by atoms with Crippen molar-refractivity contribution in [3.8, 4) is 0 Å². The third kappa shape index (κ3) is 1.26. The molecule has 0 radical (unpaired) electrons. The molecule has 1 heterocycles. The maximum atomic E-state index is 2.20. The highest BCUT2D eigenvalue weighted by atomic mass is 15.1. The number of rotatable bonds is 0.